The quantitative estimate of drug-likeness (QED) is 0.794. The van der Waals surface area contributed by atoms with Crippen LogP contribution in [0.5, 0.6) is 0 Å². The third kappa shape index (κ3) is 1.93. The smallest absolute Gasteiger partial charge is 0.0944 e. The van der Waals surface area contributed by atoms with Gasteiger partial charge in [-0.1, -0.05) is 17.7 Å². The zero-order valence-electron chi connectivity index (χ0n) is 11.0. The third-order valence-electron chi connectivity index (χ3n) is 3.29. The standard InChI is InChI=1S/C13H13ClN2.CH5N/c1-3-8-4-5-9-11(14)6-12-10(13(8)9)7-16(2)15-12;1-2/h3,6-7H,4-5H2,1-2H3;2H2,1H3/b8-3+;. The van der Waals surface area contributed by atoms with Gasteiger partial charge in [-0.05, 0) is 49.6 Å². The number of fused-ring (bicyclic) bond motifs is 3. The number of aryl methyl sites for hydroxylation is 1. The summed E-state index contributed by atoms with van der Waals surface area (Å²) in [6, 6.07) is 1.98. The van der Waals surface area contributed by atoms with Crippen molar-refractivity contribution < 1.29 is 0 Å². The van der Waals surface area contributed by atoms with Crippen molar-refractivity contribution in [3.05, 3.63) is 34.5 Å². The minimum absolute atomic E-state index is 0.859. The van der Waals surface area contributed by atoms with E-state index in [1.54, 1.807) is 0 Å². The van der Waals surface area contributed by atoms with Crippen molar-refractivity contribution in [2.24, 2.45) is 12.8 Å². The van der Waals surface area contributed by atoms with Gasteiger partial charge in [0.2, 0.25) is 0 Å². The fraction of sp³-hybridized carbons (Fsp3) is 0.357. The molecule has 1 heterocycles. The van der Waals surface area contributed by atoms with Crippen molar-refractivity contribution in [3.63, 3.8) is 0 Å². The first kappa shape index (κ1) is 13.1. The van der Waals surface area contributed by atoms with Crippen LogP contribution in [0.15, 0.2) is 18.3 Å². The summed E-state index contributed by atoms with van der Waals surface area (Å²) in [5, 5.41) is 6.51. The van der Waals surface area contributed by atoms with Crippen molar-refractivity contribution in [1.29, 1.82) is 0 Å². The van der Waals surface area contributed by atoms with Crippen LogP contribution in [0.3, 0.4) is 0 Å². The second-order valence-corrected chi connectivity index (χ2v) is 4.67. The first-order valence-electron chi connectivity index (χ1n) is 6.08. The first-order valence-corrected chi connectivity index (χ1v) is 6.46. The third-order valence-corrected chi connectivity index (χ3v) is 3.63. The highest BCUT2D eigenvalue weighted by atomic mass is 35.5. The Hall–Kier alpha value is -1.32. The Kier molecular flexibility index (Phi) is 3.73. The van der Waals surface area contributed by atoms with E-state index in [0.29, 0.717) is 0 Å². The molecule has 0 saturated heterocycles. The van der Waals surface area contributed by atoms with E-state index in [1.807, 2.05) is 17.8 Å². The molecule has 0 fully saturated rings. The molecule has 0 unspecified atom stereocenters. The molecular weight excluding hydrogens is 246 g/mol. The van der Waals surface area contributed by atoms with Crippen LogP contribution < -0.4 is 5.73 Å². The number of allylic oxidation sites excluding steroid dienone is 2. The van der Waals surface area contributed by atoms with Gasteiger partial charge >= 0.3 is 0 Å². The minimum Gasteiger partial charge on any atom is -0.333 e. The largest absolute Gasteiger partial charge is 0.333 e. The maximum atomic E-state index is 6.30. The number of nitrogens with two attached hydrogens (primary N) is 1. The molecule has 1 aliphatic rings. The van der Waals surface area contributed by atoms with Crippen molar-refractivity contribution in [2.75, 3.05) is 7.05 Å². The molecule has 0 aliphatic heterocycles. The maximum absolute atomic E-state index is 6.30. The van der Waals surface area contributed by atoms with E-state index < -0.39 is 0 Å². The molecule has 0 bridgehead atoms. The number of aromatic nitrogens is 2. The number of benzene rings is 1. The molecule has 4 heteroatoms. The summed E-state index contributed by atoms with van der Waals surface area (Å²) in [6.07, 6.45) is 6.42. The molecular formula is C14H18ClN3. The molecule has 0 radical (unpaired) electrons. The van der Waals surface area contributed by atoms with Gasteiger partial charge in [0.1, 0.15) is 0 Å². The lowest BCUT2D eigenvalue weighted by atomic mass is 10.0. The van der Waals surface area contributed by atoms with Crippen molar-refractivity contribution in [1.82, 2.24) is 9.78 Å². The van der Waals surface area contributed by atoms with Gasteiger partial charge in [-0.25, -0.2) is 0 Å². The Labute approximate surface area is 112 Å². The first-order chi connectivity index (χ1) is 8.70. The predicted octanol–water partition coefficient (Wildman–Crippen LogP) is 3.15. The second kappa shape index (κ2) is 5.12. The molecule has 3 nitrogen and oxygen atoms in total. The monoisotopic (exact) mass is 263 g/mol. The second-order valence-electron chi connectivity index (χ2n) is 4.26. The molecule has 0 amide bonds. The summed E-state index contributed by atoms with van der Waals surface area (Å²) in [6.45, 7) is 2.09. The summed E-state index contributed by atoms with van der Waals surface area (Å²) < 4.78 is 1.85. The van der Waals surface area contributed by atoms with Gasteiger partial charge in [0.15, 0.2) is 0 Å². The van der Waals surface area contributed by atoms with Gasteiger partial charge in [0.25, 0.3) is 0 Å². The molecule has 3 rings (SSSR count). The number of rotatable bonds is 0. The lowest BCUT2D eigenvalue weighted by Gasteiger charge is -2.04. The minimum atomic E-state index is 0.859. The summed E-state index contributed by atoms with van der Waals surface area (Å²) in [5.41, 5.74) is 9.50. The Morgan fingerprint density at radius 2 is 2.11 bits per heavy atom. The highest BCUT2D eigenvalue weighted by molar-refractivity contribution is 6.32. The molecule has 1 aromatic carbocycles. The number of nitrogens with zero attached hydrogens (tertiary/aromatic N) is 2. The van der Waals surface area contributed by atoms with Gasteiger partial charge in [-0.3, -0.25) is 4.68 Å². The van der Waals surface area contributed by atoms with Crippen molar-refractivity contribution >= 4 is 28.1 Å². The Morgan fingerprint density at radius 1 is 1.39 bits per heavy atom. The highest BCUT2D eigenvalue weighted by Crippen LogP contribution is 2.41. The molecule has 0 saturated carbocycles. The lowest BCUT2D eigenvalue weighted by molar-refractivity contribution is 0.779. The average Bonchev–Trinajstić information content (AvgIpc) is 2.94. The van der Waals surface area contributed by atoms with Gasteiger partial charge in [-0.2, -0.15) is 5.10 Å². The molecule has 1 aromatic heterocycles. The maximum Gasteiger partial charge on any atom is 0.0944 e. The molecule has 1 aliphatic carbocycles. The van der Waals surface area contributed by atoms with Crippen LogP contribution in [-0.4, -0.2) is 16.8 Å². The van der Waals surface area contributed by atoms with Gasteiger partial charge in [0, 0.05) is 23.7 Å². The van der Waals surface area contributed by atoms with E-state index in [4.69, 9.17) is 11.6 Å². The van der Waals surface area contributed by atoms with E-state index in [0.717, 1.165) is 23.4 Å². The van der Waals surface area contributed by atoms with Crippen LogP contribution in [0.2, 0.25) is 5.02 Å². The number of halogens is 1. The summed E-state index contributed by atoms with van der Waals surface area (Å²) in [7, 11) is 3.45. The van der Waals surface area contributed by atoms with E-state index in [9.17, 15) is 0 Å². The summed E-state index contributed by atoms with van der Waals surface area (Å²) in [5.74, 6) is 0. The fourth-order valence-electron chi connectivity index (χ4n) is 2.58. The molecule has 0 atom stereocenters. The fourth-order valence-corrected chi connectivity index (χ4v) is 2.87. The highest BCUT2D eigenvalue weighted by Gasteiger charge is 2.22. The van der Waals surface area contributed by atoms with Crippen LogP contribution in [0.25, 0.3) is 16.5 Å². The zero-order valence-corrected chi connectivity index (χ0v) is 11.8. The molecule has 2 N–H and O–H groups in total. The summed E-state index contributed by atoms with van der Waals surface area (Å²) in [4.78, 5) is 0. The molecule has 18 heavy (non-hydrogen) atoms. The van der Waals surface area contributed by atoms with Gasteiger partial charge in [-0.15, -0.1) is 0 Å². The molecule has 0 spiro atoms. The molecule has 96 valence electrons. The van der Waals surface area contributed by atoms with Crippen LogP contribution in [0, 0.1) is 0 Å². The van der Waals surface area contributed by atoms with Gasteiger partial charge < -0.3 is 5.73 Å². The topological polar surface area (TPSA) is 43.8 Å². The van der Waals surface area contributed by atoms with E-state index in [1.165, 1.54) is 29.1 Å². The Bertz CT molecular complexity index is 611. The van der Waals surface area contributed by atoms with Gasteiger partial charge in [0.05, 0.1) is 5.52 Å². The predicted molar refractivity (Wildman–Crippen MR) is 77.8 cm³/mol. The van der Waals surface area contributed by atoms with Crippen LogP contribution in [-0.2, 0) is 13.5 Å². The lowest BCUT2D eigenvalue weighted by Crippen LogP contribution is -1.85. The van der Waals surface area contributed by atoms with E-state index in [-0.39, 0.29) is 0 Å². The van der Waals surface area contributed by atoms with Crippen LogP contribution in [0.4, 0.5) is 0 Å². The van der Waals surface area contributed by atoms with E-state index >= 15 is 0 Å². The number of hydrogen-bond acceptors (Lipinski definition) is 2. The zero-order chi connectivity index (χ0) is 13.3. The normalized spacial score (nSPS) is 15.7. The van der Waals surface area contributed by atoms with Crippen molar-refractivity contribution in [3.8, 4) is 0 Å². The average molecular weight is 264 g/mol. The summed E-state index contributed by atoms with van der Waals surface area (Å²) >= 11 is 6.30. The number of hydrogen-bond donors (Lipinski definition) is 1. The SMILES string of the molecule is C/C=C1\CCc2c(Cl)cc3nn(C)cc3c21.CN. The van der Waals surface area contributed by atoms with E-state index in [2.05, 4.69) is 30.0 Å². The molecule has 2 aromatic rings. The Balaban J connectivity index is 0.000000574. The Morgan fingerprint density at radius 3 is 2.78 bits per heavy atom. The van der Waals surface area contributed by atoms with Crippen LogP contribution in [0.1, 0.15) is 24.5 Å². The van der Waals surface area contributed by atoms with Crippen molar-refractivity contribution in [2.45, 2.75) is 19.8 Å². The van der Waals surface area contributed by atoms with Crippen LogP contribution >= 0.6 is 11.6 Å².